The second-order valence-electron chi connectivity index (χ2n) is 3.56. The van der Waals surface area contributed by atoms with Gasteiger partial charge in [0.15, 0.2) is 5.57 Å². The molecule has 0 spiro atoms. The third kappa shape index (κ3) is 3.01. The molecule has 1 N–H and O–H groups in total. The Balaban J connectivity index is 2.70. The predicted octanol–water partition coefficient (Wildman–Crippen LogP) is 1.73. The van der Waals surface area contributed by atoms with Crippen LogP contribution in [0.25, 0.3) is 0 Å². The molecule has 0 heterocycles. The zero-order valence-corrected chi connectivity index (χ0v) is 8.45. The van der Waals surface area contributed by atoms with Crippen molar-refractivity contribution >= 4 is 0 Å². The quantitative estimate of drug-likeness (QED) is 0.688. The van der Waals surface area contributed by atoms with Crippen molar-refractivity contribution in [3.8, 4) is 18.2 Å². The molecule has 15 heavy (non-hydrogen) atoms. The molecule has 0 aliphatic heterocycles. The van der Waals surface area contributed by atoms with E-state index < -0.39 is 0 Å². The number of nitriles is 3. The van der Waals surface area contributed by atoms with Crippen LogP contribution >= 0.6 is 0 Å². The fourth-order valence-corrected chi connectivity index (χ4v) is 1.75. The first-order valence-electron chi connectivity index (χ1n) is 5.03. The van der Waals surface area contributed by atoms with E-state index in [9.17, 15) is 0 Å². The third-order valence-electron chi connectivity index (χ3n) is 2.54. The largest absolute Gasteiger partial charge is 0.372 e. The second-order valence-corrected chi connectivity index (χ2v) is 3.56. The van der Waals surface area contributed by atoms with Crippen molar-refractivity contribution in [2.24, 2.45) is 0 Å². The van der Waals surface area contributed by atoms with Crippen molar-refractivity contribution in [3.63, 3.8) is 0 Å². The summed E-state index contributed by atoms with van der Waals surface area (Å²) in [7, 11) is 0. The molecule has 1 rings (SSSR count). The Hall–Kier alpha value is -1.99. The van der Waals surface area contributed by atoms with Crippen LogP contribution in [0, 0.1) is 34.0 Å². The van der Waals surface area contributed by atoms with Crippen LogP contribution in [0.2, 0.25) is 0 Å². The normalized spacial score (nSPS) is 15.5. The van der Waals surface area contributed by atoms with Gasteiger partial charge in [-0.2, -0.15) is 15.8 Å². The highest BCUT2D eigenvalue weighted by Crippen LogP contribution is 2.18. The van der Waals surface area contributed by atoms with Gasteiger partial charge in [0.25, 0.3) is 0 Å². The molecule has 4 nitrogen and oxygen atoms in total. The van der Waals surface area contributed by atoms with Crippen LogP contribution in [0.1, 0.15) is 32.1 Å². The number of hydrogen-bond acceptors (Lipinski definition) is 4. The summed E-state index contributed by atoms with van der Waals surface area (Å²) >= 11 is 0. The lowest BCUT2D eigenvalue weighted by molar-refractivity contribution is 0.399. The number of rotatable bonds is 2. The van der Waals surface area contributed by atoms with Crippen molar-refractivity contribution in [2.45, 2.75) is 38.1 Å². The SMILES string of the molecule is N#CC(C#N)=C(C#N)NC1CCCCC1. The third-order valence-corrected chi connectivity index (χ3v) is 2.54. The smallest absolute Gasteiger partial charge is 0.163 e. The van der Waals surface area contributed by atoms with E-state index in [0.717, 1.165) is 25.7 Å². The molecule has 4 heteroatoms. The van der Waals surface area contributed by atoms with Gasteiger partial charge in [-0.3, -0.25) is 0 Å². The molecule has 1 saturated carbocycles. The molecule has 0 unspecified atom stereocenters. The topological polar surface area (TPSA) is 83.4 Å². The first kappa shape index (κ1) is 11.1. The molecular weight excluding hydrogens is 188 g/mol. The molecule has 0 bridgehead atoms. The van der Waals surface area contributed by atoms with Crippen molar-refractivity contribution < 1.29 is 0 Å². The predicted molar refractivity (Wildman–Crippen MR) is 53.9 cm³/mol. The summed E-state index contributed by atoms with van der Waals surface area (Å²) in [4.78, 5) is 0. The molecule has 0 aromatic rings. The Morgan fingerprint density at radius 2 is 1.53 bits per heavy atom. The standard InChI is InChI=1S/C11H12N4/c12-6-9(7-13)11(8-14)15-10-4-2-1-3-5-10/h10,15H,1-5H2. The summed E-state index contributed by atoms with van der Waals surface area (Å²) in [6.07, 6.45) is 5.54. The van der Waals surface area contributed by atoms with Gasteiger partial charge in [0.1, 0.15) is 23.9 Å². The molecule has 0 aromatic heterocycles. The van der Waals surface area contributed by atoms with Crippen molar-refractivity contribution in [1.29, 1.82) is 15.8 Å². The number of nitrogens with zero attached hydrogens (tertiary/aromatic N) is 3. The van der Waals surface area contributed by atoms with Gasteiger partial charge in [-0.15, -0.1) is 0 Å². The fourth-order valence-electron chi connectivity index (χ4n) is 1.75. The van der Waals surface area contributed by atoms with Crippen LogP contribution < -0.4 is 5.32 Å². The van der Waals surface area contributed by atoms with E-state index in [4.69, 9.17) is 15.8 Å². The van der Waals surface area contributed by atoms with E-state index in [1.54, 1.807) is 12.1 Å². The Labute approximate surface area is 89.4 Å². The lowest BCUT2D eigenvalue weighted by Crippen LogP contribution is -2.30. The van der Waals surface area contributed by atoms with E-state index in [-0.39, 0.29) is 17.3 Å². The minimum Gasteiger partial charge on any atom is -0.372 e. The van der Waals surface area contributed by atoms with E-state index in [0.29, 0.717) is 0 Å². The average molecular weight is 200 g/mol. The van der Waals surface area contributed by atoms with E-state index in [2.05, 4.69) is 5.32 Å². The van der Waals surface area contributed by atoms with Crippen molar-refractivity contribution in [3.05, 3.63) is 11.3 Å². The van der Waals surface area contributed by atoms with E-state index in [1.807, 2.05) is 6.07 Å². The van der Waals surface area contributed by atoms with Crippen LogP contribution in [0.5, 0.6) is 0 Å². The molecule has 0 radical (unpaired) electrons. The van der Waals surface area contributed by atoms with Gasteiger partial charge >= 0.3 is 0 Å². The van der Waals surface area contributed by atoms with Crippen LogP contribution in [0.4, 0.5) is 0 Å². The van der Waals surface area contributed by atoms with E-state index in [1.165, 1.54) is 6.42 Å². The van der Waals surface area contributed by atoms with Crippen LogP contribution in [-0.4, -0.2) is 6.04 Å². The summed E-state index contributed by atoms with van der Waals surface area (Å²) in [6.45, 7) is 0. The maximum Gasteiger partial charge on any atom is 0.163 e. The highest BCUT2D eigenvalue weighted by molar-refractivity contribution is 5.45. The molecule has 0 aromatic carbocycles. The van der Waals surface area contributed by atoms with Gasteiger partial charge in [-0.05, 0) is 12.8 Å². The maximum atomic E-state index is 8.82. The molecule has 0 amide bonds. The summed E-state index contributed by atoms with van der Waals surface area (Å²) in [5.41, 5.74) is -0.00465. The molecule has 0 saturated heterocycles. The van der Waals surface area contributed by atoms with Gasteiger partial charge in [-0.25, -0.2) is 0 Å². The molecule has 1 aliphatic carbocycles. The van der Waals surface area contributed by atoms with Gasteiger partial charge in [0.2, 0.25) is 0 Å². The van der Waals surface area contributed by atoms with E-state index >= 15 is 0 Å². The number of nitrogens with one attached hydrogen (secondary N) is 1. The molecular formula is C11H12N4. The summed E-state index contributed by atoms with van der Waals surface area (Å²) < 4.78 is 0. The Bertz CT molecular complexity index is 353. The van der Waals surface area contributed by atoms with Gasteiger partial charge in [0, 0.05) is 6.04 Å². The average Bonchev–Trinajstić information content (AvgIpc) is 2.30. The molecule has 76 valence electrons. The van der Waals surface area contributed by atoms with Crippen molar-refractivity contribution in [1.82, 2.24) is 5.32 Å². The van der Waals surface area contributed by atoms with Gasteiger partial charge in [0.05, 0.1) is 0 Å². The minimum absolute atomic E-state index is 0.118. The van der Waals surface area contributed by atoms with Crippen molar-refractivity contribution in [2.75, 3.05) is 0 Å². The summed E-state index contributed by atoms with van der Waals surface area (Å²) in [5.74, 6) is 0. The summed E-state index contributed by atoms with van der Waals surface area (Å²) in [6, 6.07) is 5.57. The van der Waals surface area contributed by atoms with Crippen LogP contribution in [0.15, 0.2) is 11.3 Å². The highest BCUT2D eigenvalue weighted by atomic mass is 14.9. The second kappa shape index (κ2) is 5.68. The molecule has 1 fully saturated rings. The van der Waals surface area contributed by atoms with Crippen LogP contribution in [0.3, 0.4) is 0 Å². The highest BCUT2D eigenvalue weighted by Gasteiger charge is 2.15. The van der Waals surface area contributed by atoms with Gasteiger partial charge in [-0.1, -0.05) is 19.3 Å². The molecule has 0 atom stereocenters. The Morgan fingerprint density at radius 1 is 0.933 bits per heavy atom. The number of allylic oxidation sites excluding steroid dienone is 2. The fraction of sp³-hybridized carbons (Fsp3) is 0.545. The Morgan fingerprint density at radius 3 is 2.00 bits per heavy atom. The lowest BCUT2D eigenvalue weighted by Gasteiger charge is -2.23. The van der Waals surface area contributed by atoms with Gasteiger partial charge < -0.3 is 5.32 Å². The molecule has 1 aliphatic rings. The monoisotopic (exact) mass is 200 g/mol. The summed E-state index contributed by atoms with van der Waals surface area (Å²) in [5, 5.41) is 29.1. The first-order chi connectivity index (χ1) is 7.31. The number of hydrogen-bond donors (Lipinski definition) is 1. The zero-order valence-electron chi connectivity index (χ0n) is 8.45. The zero-order chi connectivity index (χ0) is 11.1. The first-order valence-corrected chi connectivity index (χ1v) is 5.03. The lowest BCUT2D eigenvalue weighted by atomic mass is 9.95. The maximum absolute atomic E-state index is 8.82. The van der Waals surface area contributed by atoms with Crippen LogP contribution in [-0.2, 0) is 0 Å². The Kier molecular flexibility index (Phi) is 4.20. The minimum atomic E-state index is -0.122.